The van der Waals surface area contributed by atoms with Crippen molar-refractivity contribution in [2.24, 2.45) is 0 Å². The van der Waals surface area contributed by atoms with Gasteiger partial charge in [-0.1, -0.05) is 0 Å². The lowest BCUT2D eigenvalue weighted by Crippen LogP contribution is -2.40. The summed E-state index contributed by atoms with van der Waals surface area (Å²) in [6.07, 6.45) is 4.90. The van der Waals surface area contributed by atoms with Crippen LogP contribution < -0.4 is 20.1 Å². The van der Waals surface area contributed by atoms with Gasteiger partial charge in [0.2, 0.25) is 11.8 Å². The fourth-order valence-electron chi connectivity index (χ4n) is 2.48. The number of H-pyrrole nitrogens is 1. The monoisotopic (exact) mass is 340 g/mol. The Labute approximate surface area is 137 Å². The van der Waals surface area contributed by atoms with Gasteiger partial charge in [-0.05, 0) is 26.3 Å². The molecule has 0 saturated carbocycles. The lowest BCUT2D eigenvalue weighted by molar-refractivity contribution is -0.0528. The third kappa shape index (κ3) is 4.51. The molecule has 1 aliphatic heterocycles. The number of nitrogens with zero attached hydrogens (tertiary/aromatic N) is 3. The second-order valence-electron chi connectivity index (χ2n) is 5.48. The van der Waals surface area contributed by atoms with E-state index >= 15 is 0 Å². The topological polar surface area (TPSA) is 97.0 Å². The number of hydrogen-bond donors (Lipinski definition) is 3. The summed E-state index contributed by atoms with van der Waals surface area (Å²) in [7, 11) is 0. The van der Waals surface area contributed by atoms with Crippen molar-refractivity contribution in [1.29, 1.82) is 0 Å². The second-order valence-corrected chi connectivity index (χ2v) is 5.48. The van der Waals surface area contributed by atoms with Crippen LogP contribution in [-0.4, -0.2) is 45.5 Å². The summed E-state index contributed by atoms with van der Waals surface area (Å²) < 4.78 is 34.3. The fraction of sp³-hybridized carbons (Fsp3) is 0.500. The van der Waals surface area contributed by atoms with Gasteiger partial charge < -0.3 is 20.1 Å². The molecule has 2 aromatic heterocycles. The zero-order valence-electron chi connectivity index (χ0n) is 13.0. The molecule has 0 radical (unpaired) electrons. The summed E-state index contributed by atoms with van der Waals surface area (Å²) in [5.74, 6) is 0.937. The van der Waals surface area contributed by atoms with E-state index in [1.54, 1.807) is 0 Å². The number of hydrogen-bond acceptors (Lipinski definition) is 7. The first-order chi connectivity index (χ1) is 11.6. The first kappa shape index (κ1) is 16.4. The van der Waals surface area contributed by atoms with Gasteiger partial charge in [-0.2, -0.15) is 18.9 Å². The molecule has 1 aliphatic rings. The quantitative estimate of drug-likeness (QED) is 0.740. The summed E-state index contributed by atoms with van der Waals surface area (Å²) in [6, 6.07) is 1.70. The lowest BCUT2D eigenvalue weighted by Gasteiger charge is -2.28. The van der Waals surface area contributed by atoms with Crippen LogP contribution in [0, 0.1) is 0 Å². The van der Waals surface area contributed by atoms with Gasteiger partial charge in [0.25, 0.3) is 0 Å². The van der Waals surface area contributed by atoms with E-state index < -0.39 is 6.61 Å². The molecule has 130 valence electrons. The molecule has 1 saturated heterocycles. The molecule has 24 heavy (non-hydrogen) atoms. The van der Waals surface area contributed by atoms with E-state index in [0.29, 0.717) is 17.7 Å². The Balaban J connectivity index is 1.61. The van der Waals surface area contributed by atoms with Crippen LogP contribution in [0.15, 0.2) is 18.5 Å². The third-order valence-corrected chi connectivity index (χ3v) is 3.50. The van der Waals surface area contributed by atoms with Crippen LogP contribution >= 0.6 is 0 Å². The zero-order valence-corrected chi connectivity index (χ0v) is 13.0. The maximum Gasteiger partial charge on any atom is 0.388 e. The normalized spacial score (nSPS) is 20.8. The molecule has 2 atom stereocenters. The molecule has 0 spiro atoms. The first-order valence-corrected chi connectivity index (χ1v) is 7.58. The highest BCUT2D eigenvalue weighted by molar-refractivity contribution is 5.51. The Morgan fingerprint density at radius 3 is 3.00 bits per heavy atom. The average molecular weight is 340 g/mol. The molecule has 1 fully saturated rings. The molecule has 0 aliphatic carbocycles. The van der Waals surface area contributed by atoms with Gasteiger partial charge in [0.15, 0.2) is 11.6 Å². The predicted molar refractivity (Wildman–Crippen MR) is 81.6 cm³/mol. The van der Waals surface area contributed by atoms with Gasteiger partial charge >= 0.3 is 6.61 Å². The van der Waals surface area contributed by atoms with E-state index in [1.807, 2.05) is 0 Å². The minimum absolute atomic E-state index is 0.0854. The summed E-state index contributed by atoms with van der Waals surface area (Å²) in [4.78, 5) is 8.36. The molecule has 10 heteroatoms. The van der Waals surface area contributed by atoms with Crippen LogP contribution in [0.4, 0.5) is 20.4 Å². The van der Waals surface area contributed by atoms with Crippen molar-refractivity contribution in [2.75, 3.05) is 11.9 Å². The molecule has 3 rings (SSSR count). The number of ether oxygens (including phenoxy) is 2. The largest absolute Gasteiger partial charge is 0.473 e. The lowest BCUT2D eigenvalue weighted by atomic mass is 10.0. The standard InChI is InChI=1S/C14H18F2N6O2/c1-8-4-9(2-3-18-8)23-13-7-17-6-11(20-13)19-10-5-12(22-21-10)24-14(15)16/h5-9,14,18H,2-4H2,1H3,(H2,19,20,21,22)/t8-,9+/m0/s1. The van der Waals surface area contributed by atoms with Crippen molar-refractivity contribution in [3.8, 4) is 11.8 Å². The third-order valence-electron chi connectivity index (χ3n) is 3.50. The molecule has 0 bridgehead atoms. The van der Waals surface area contributed by atoms with E-state index in [4.69, 9.17) is 4.74 Å². The van der Waals surface area contributed by atoms with Gasteiger partial charge in [-0.15, -0.1) is 0 Å². The van der Waals surface area contributed by atoms with Gasteiger partial charge in [0.1, 0.15) is 6.10 Å². The minimum atomic E-state index is -2.91. The molecule has 8 nitrogen and oxygen atoms in total. The number of rotatable bonds is 6. The maximum atomic E-state index is 12.1. The smallest absolute Gasteiger partial charge is 0.388 e. The first-order valence-electron chi connectivity index (χ1n) is 7.58. The molecular formula is C14H18F2N6O2. The predicted octanol–water partition coefficient (Wildman–Crippen LogP) is 2.06. The summed E-state index contributed by atoms with van der Waals surface area (Å²) >= 11 is 0. The Hall–Kier alpha value is -2.49. The van der Waals surface area contributed by atoms with E-state index in [1.165, 1.54) is 18.5 Å². The minimum Gasteiger partial charge on any atom is -0.473 e. The second kappa shape index (κ2) is 7.39. The van der Waals surface area contributed by atoms with Crippen molar-refractivity contribution >= 4 is 11.6 Å². The van der Waals surface area contributed by atoms with Crippen molar-refractivity contribution in [1.82, 2.24) is 25.5 Å². The average Bonchev–Trinajstić information content (AvgIpc) is 2.94. The van der Waals surface area contributed by atoms with E-state index in [9.17, 15) is 8.78 Å². The fourth-order valence-corrected chi connectivity index (χ4v) is 2.48. The SMILES string of the molecule is C[C@H]1C[C@H](Oc2cncc(Nc3cc(OC(F)F)[nH]n3)n2)CCN1. The van der Waals surface area contributed by atoms with Crippen LogP contribution in [0.5, 0.6) is 11.8 Å². The summed E-state index contributed by atoms with van der Waals surface area (Å²) in [5, 5.41) is 12.4. The van der Waals surface area contributed by atoms with Gasteiger partial charge in [-0.3, -0.25) is 4.98 Å². The Kier molecular flexibility index (Phi) is 5.04. The molecule has 0 aromatic carbocycles. The molecule has 0 amide bonds. The van der Waals surface area contributed by atoms with Crippen molar-refractivity contribution in [3.63, 3.8) is 0 Å². The molecule has 3 N–H and O–H groups in total. The van der Waals surface area contributed by atoms with E-state index in [0.717, 1.165) is 19.4 Å². The maximum absolute atomic E-state index is 12.1. The number of halogens is 2. The van der Waals surface area contributed by atoms with Crippen LogP contribution in [0.1, 0.15) is 19.8 Å². The van der Waals surface area contributed by atoms with Crippen molar-refractivity contribution in [2.45, 2.75) is 38.5 Å². The van der Waals surface area contributed by atoms with Gasteiger partial charge in [0.05, 0.1) is 12.4 Å². The molecule has 2 aromatic rings. The van der Waals surface area contributed by atoms with Crippen LogP contribution in [0.2, 0.25) is 0 Å². The summed E-state index contributed by atoms with van der Waals surface area (Å²) in [6.45, 7) is 0.0925. The highest BCUT2D eigenvalue weighted by Gasteiger charge is 2.20. The number of alkyl halides is 2. The number of anilines is 2. The molecule has 0 unspecified atom stereocenters. The van der Waals surface area contributed by atoms with Crippen LogP contribution in [0.3, 0.4) is 0 Å². The Morgan fingerprint density at radius 2 is 2.21 bits per heavy atom. The number of aromatic nitrogens is 4. The molecule has 3 heterocycles. The van der Waals surface area contributed by atoms with Crippen LogP contribution in [-0.2, 0) is 0 Å². The highest BCUT2D eigenvalue weighted by Crippen LogP contribution is 2.21. The van der Waals surface area contributed by atoms with Gasteiger partial charge in [0, 0.05) is 12.1 Å². The van der Waals surface area contributed by atoms with E-state index in [-0.39, 0.29) is 17.8 Å². The highest BCUT2D eigenvalue weighted by atomic mass is 19.3. The van der Waals surface area contributed by atoms with Crippen molar-refractivity contribution in [3.05, 3.63) is 18.5 Å². The van der Waals surface area contributed by atoms with Crippen molar-refractivity contribution < 1.29 is 18.3 Å². The van der Waals surface area contributed by atoms with Gasteiger partial charge in [-0.25, -0.2) is 5.10 Å². The summed E-state index contributed by atoms with van der Waals surface area (Å²) in [5.41, 5.74) is 0. The van der Waals surface area contributed by atoms with Crippen LogP contribution in [0.25, 0.3) is 0 Å². The number of nitrogens with one attached hydrogen (secondary N) is 3. The number of aromatic amines is 1. The Bertz CT molecular complexity index is 668. The number of piperidine rings is 1. The Morgan fingerprint density at radius 1 is 1.33 bits per heavy atom. The van der Waals surface area contributed by atoms with E-state index in [2.05, 4.69) is 42.5 Å². The molecular weight excluding hydrogens is 322 g/mol. The zero-order chi connectivity index (χ0) is 16.9.